The molecular formula is C20H28F6O2. The highest BCUT2D eigenvalue weighted by Gasteiger charge is 2.81. The van der Waals surface area contributed by atoms with Gasteiger partial charge in [-0.1, -0.05) is 34.6 Å². The molecule has 3 fully saturated rings. The van der Waals surface area contributed by atoms with E-state index in [1.807, 2.05) is 20.8 Å². The minimum atomic E-state index is -4.95. The molecule has 5 atom stereocenters. The predicted molar refractivity (Wildman–Crippen MR) is 90.1 cm³/mol. The number of alkyl halides is 6. The Hall–Kier alpha value is -0.950. The third-order valence-corrected chi connectivity index (χ3v) is 8.14. The summed E-state index contributed by atoms with van der Waals surface area (Å²) in [5, 5.41) is 0. The van der Waals surface area contributed by atoms with E-state index in [0.717, 1.165) is 0 Å². The molecule has 0 saturated heterocycles. The standard InChI is InChI=1S/C20H28F6O2/c1-15(2,3)12-8-11-9-17(13(12)16(17,4)5)6-7-18(11,20(24,25)26)14(27)28-10-19(21,22)23/h11-13H,6-10H2,1-5H3. The van der Waals surface area contributed by atoms with E-state index in [4.69, 9.17) is 0 Å². The van der Waals surface area contributed by atoms with Crippen molar-refractivity contribution in [2.24, 2.45) is 39.4 Å². The van der Waals surface area contributed by atoms with Crippen molar-refractivity contribution in [3.8, 4) is 0 Å². The Bertz CT molecular complexity index is 659. The average Bonchev–Trinajstić information content (AvgIpc) is 2.96. The van der Waals surface area contributed by atoms with Crippen LogP contribution in [0.1, 0.15) is 60.3 Å². The van der Waals surface area contributed by atoms with E-state index in [1.54, 1.807) is 0 Å². The lowest BCUT2D eigenvalue weighted by atomic mass is 9.52. The summed E-state index contributed by atoms with van der Waals surface area (Å²) in [5.41, 5.74) is -3.51. The number of hydrogen-bond donors (Lipinski definition) is 0. The molecule has 5 unspecified atom stereocenters. The zero-order valence-corrected chi connectivity index (χ0v) is 16.9. The highest BCUT2D eigenvalue weighted by atomic mass is 19.4. The molecule has 3 rings (SSSR count). The number of rotatable bonds is 2. The van der Waals surface area contributed by atoms with Crippen LogP contribution in [-0.2, 0) is 9.53 Å². The van der Waals surface area contributed by atoms with Gasteiger partial charge in [-0.2, -0.15) is 26.3 Å². The first-order chi connectivity index (χ1) is 12.4. The van der Waals surface area contributed by atoms with Crippen molar-refractivity contribution in [3.63, 3.8) is 0 Å². The number of fused-ring (bicyclic) bond motifs is 1. The Morgan fingerprint density at radius 1 is 1.04 bits per heavy atom. The van der Waals surface area contributed by atoms with Gasteiger partial charge in [0.2, 0.25) is 0 Å². The highest BCUT2D eigenvalue weighted by molar-refractivity contribution is 5.79. The highest BCUT2D eigenvalue weighted by Crippen LogP contribution is 2.84. The Balaban J connectivity index is 1.99. The first-order valence-corrected chi connectivity index (χ1v) is 9.71. The number of ether oxygens (including phenoxy) is 1. The Morgan fingerprint density at radius 2 is 1.61 bits per heavy atom. The molecule has 8 heteroatoms. The molecule has 3 saturated carbocycles. The van der Waals surface area contributed by atoms with Gasteiger partial charge in [-0.3, -0.25) is 4.79 Å². The van der Waals surface area contributed by atoms with Gasteiger partial charge in [-0.25, -0.2) is 0 Å². The summed E-state index contributed by atoms with van der Waals surface area (Å²) in [7, 11) is 0. The maximum atomic E-state index is 14.2. The second kappa shape index (κ2) is 5.81. The van der Waals surface area contributed by atoms with Crippen LogP contribution in [0.5, 0.6) is 0 Å². The van der Waals surface area contributed by atoms with Crippen molar-refractivity contribution in [1.29, 1.82) is 0 Å². The normalized spacial score (nSPS) is 39.9. The molecule has 1 spiro atoms. The minimum Gasteiger partial charge on any atom is -0.455 e. The fraction of sp³-hybridized carbons (Fsp3) is 0.950. The summed E-state index contributed by atoms with van der Waals surface area (Å²) in [6.45, 7) is 8.11. The third kappa shape index (κ3) is 2.87. The van der Waals surface area contributed by atoms with Crippen LogP contribution in [0, 0.1) is 39.4 Å². The molecule has 28 heavy (non-hydrogen) atoms. The van der Waals surface area contributed by atoms with Gasteiger partial charge in [0.1, 0.15) is 0 Å². The molecule has 0 aromatic rings. The molecule has 3 aliphatic carbocycles. The smallest absolute Gasteiger partial charge is 0.422 e. The Kier molecular flexibility index (Phi) is 4.51. The molecule has 3 aliphatic rings. The largest absolute Gasteiger partial charge is 0.455 e. The molecule has 0 N–H and O–H groups in total. The van der Waals surface area contributed by atoms with Crippen molar-refractivity contribution >= 4 is 5.97 Å². The van der Waals surface area contributed by atoms with Gasteiger partial charge in [-0.15, -0.1) is 0 Å². The van der Waals surface area contributed by atoms with Gasteiger partial charge < -0.3 is 4.74 Å². The van der Waals surface area contributed by atoms with Crippen LogP contribution < -0.4 is 0 Å². The quantitative estimate of drug-likeness (QED) is 0.400. The topological polar surface area (TPSA) is 26.3 Å². The van der Waals surface area contributed by atoms with Gasteiger partial charge >= 0.3 is 18.3 Å². The monoisotopic (exact) mass is 414 g/mol. The summed E-state index contributed by atoms with van der Waals surface area (Å²) in [5.74, 6) is -2.57. The van der Waals surface area contributed by atoms with Crippen LogP contribution >= 0.6 is 0 Å². The number of carbonyl (C=O) groups excluding carboxylic acids is 1. The lowest BCUT2D eigenvalue weighted by Gasteiger charge is -2.52. The lowest BCUT2D eigenvalue weighted by Crippen LogP contribution is -2.57. The summed E-state index contributed by atoms with van der Waals surface area (Å²) >= 11 is 0. The third-order valence-electron chi connectivity index (χ3n) is 8.14. The van der Waals surface area contributed by atoms with E-state index < -0.39 is 42.7 Å². The number of esters is 1. The molecule has 2 bridgehead atoms. The molecule has 0 heterocycles. The zero-order chi connectivity index (χ0) is 21.6. The van der Waals surface area contributed by atoms with Crippen molar-refractivity contribution in [1.82, 2.24) is 0 Å². The van der Waals surface area contributed by atoms with E-state index in [-0.39, 0.29) is 47.3 Å². The van der Waals surface area contributed by atoms with Crippen molar-refractivity contribution in [2.75, 3.05) is 6.61 Å². The van der Waals surface area contributed by atoms with Crippen LogP contribution in [0.15, 0.2) is 0 Å². The van der Waals surface area contributed by atoms with Crippen molar-refractivity contribution in [3.05, 3.63) is 0 Å². The maximum Gasteiger partial charge on any atom is 0.422 e. The van der Waals surface area contributed by atoms with Crippen LogP contribution in [-0.4, -0.2) is 24.9 Å². The van der Waals surface area contributed by atoms with Crippen molar-refractivity contribution in [2.45, 2.75) is 72.7 Å². The Morgan fingerprint density at radius 3 is 2.07 bits per heavy atom. The zero-order valence-electron chi connectivity index (χ0n) is 16.9. The number of hydrogen-bond acceptors (Lipinski definition) is 2. The molecule has 0 radical (unpaired) electrons. The van der Waals surface area contributed by atoms with Crippen LogP contribution in [0.3, 0.4) is 0 Å². The molecule has 0 aromatic carbocycles. The second-order valence-corrected chi connectivity index (χ2v) is 10.6. The first-order valence-electron chi connectivity index (χ1n) is 9.71. The summed E-state index contributed by atoms with van der Waals surface area (Å²) in [6, 6.07) is 0. The molecular weight excluding hydrogens is 386 g/mol. The van der Waals surface area contributed by atoms with Gasteiger partial charge in [0.05, 0.1) is 0 Å². The molecule has 0 aliphatic heterocycles. The maximum absolute atomic E-state index is 14.2. The number of carbonyl (C=O) groups is 1. The van der Waals surface area contributed by atoms with Crippen LogP contribution in [0.4, 0.5) is 26.3 Å². The molecule has 0 amide bonds. The average molecular weight is 414 g/mol. The summed E-state index contributed by atoms with van der Waals surface area (Å²) in [4.78, 5) is 12.5. The van der Waals surface area contributed by atoms with E-state index in [9.17, 15) is 31.1 Å². The first kappa shape index (κ1) is 21.8. The summed E-state index contributed by atoms with van der Waals surface area (Å²) < 4.78 is 84.3. The van der Waals surface area contributed by atoms with Crippen LogP contribution in [0.25, 0.3) is 0 Å². The number of halogens is 6. The van der Waals surface area contributed by atoms with E-state index in [0.29, 0.717) is 0 Å². The molecule has 162 valence electrons. The second-order valence-electron chi connectivity index (χ2n) is 10.6. The fourth-order valence-corrected chi connectivity index (χ4v) is 6.70. The Labute approximate surface area is 161 Å². The van der Waals surface area contributed by atoms with Gasteiger partial charge in [0.25, 0.3) is 0 Å². The van der Waals surface area contributed by atoms with Gasteiger partial charge in [0, 0.05) is 0 Å². The molecule has 2 nitrogen and oxygen atoms in total. The van der Waals surface area contributed by atoms with E-state index in [1.165, 1.54) is 0 Å². The molecule has 0 aromatic heterocycles. The van der Waals surface area contributed by atoms with E-state index >= 15 is 0 Å². The SMILES string of the molecule is CC(C)(C)C1CC2CC3(CCC2(C(=O)OCC(F)(F)F)C(F)(F)F)C1C3(C)C. The minimum absolute atomic E-state index is 0.0290. The predicted octanol–water partition coefficient (Wildman–Crippen LogP) is 6.15. The van der Waals surface area contributed by atoms with Gasteiger partial charge in [-0.05, 0) is 59.7 Å². The van der Waals surface area contributed by atoms with Gasteiger partial charge in [0.15, 0.2) is 12.0 Å². The van der Waals surface area contributed by atoms with Crippen LogP contribution in [0.2, 0.25) is 0 Å². The fourth-order valence-electron chi connectivity index (χ4n) is 6.70. The lowest BCUT2D eigenvalue weighted by molar-refractivity contribution is -0.273. The van der Waals surface area contributed by atoms with Crippen molar-refractivity contribution < 1.29 is 35.9 Å². The van der Waals surface area contributed by atoms with E-state index in [2.05, 4.69) is 18.6 Å². The summed E-state index contributed by atoms with van der Waals surface area (Å²) in [6.07, 6.45) is -9.71.